The third-order valence-corrected chi connectivity index (χ3v) is 2.88. The van der Waals surface area contributed by atoms with Crippen LogP contribution < -0.4 is 10.6 Å². The first kappa shape index (κ1) is 20.3. The van der Waals surface area contributed by atoms with Crippen LogP contribution >= 0.6 is 0 Å². The van der Waals surface area contributed by atoms with E-state index in [4.69, 9.17) is 0 Å². The van der Waals surface area contributed by atoms with Gasteiger partial charge >= 0.3 is 0 Å². The quantitative estimate of drug-likeness (QED) is 0.326. The van der Waals surface area contributed by atoms with Crippen molar-refractivity contribution in [2.45, 2.75) is 12.8 Å². The highest BCUT2D eigenvalue weighted by atomic mass is 16.2. The topological polar surface area (TPSA) is 64.7 Å². The summed E-state index contributed by atoms with van der Waals surface area (Å²) >= 11 is 0. The second-order valence-corrected chi connectivity index (χ2v) is 5.72. The molecule has 0 unspecified atom stereocenters. The maximum atomic E-state index is 11.7. The standard InChI is InChI=1S/C16H30N4O2/c1-14(16(22)18-11-7-13-20(4)5)8-9-15(21)17-10-6-12-19(2)3/h8-9H,1,6-7,10-13H2,2-5H3,(H,17,21)(H,18,22). The van der Waals surface area contributed by atoms with Crippen LogP contribution in [0.4, 0.5) is 0 Å². The zero-order chi connectivity index (χ0) is 17.0. The molecule has 0 heterocycles. The molecule has 0 atom stereocenters. The van der Waals surface area contributed by atoms with Crippen LogP contribution in [-0.2, 0) is 9.59 Å². The lowest BCUT2D eigenvalue weighted by Crippen LogP contribution is -2.28. The first-order valence-corrected chi connectivity index (χ1v) is 7.55. The molecule has 0 spiro atoms. The van der Waals surface area contributed by atoms with E-state index in [1.165, 1.54) is 12.2 Å². The second-order valence-electron chi connectivity index (χ2n) is 5.72. The number of carbonyl (C=O) groups excluding carboxylic acids is 2. The number of amides is 2. The summed E-state index contributed by atoms with van der Waals surface area (Å²) in [5, 5.41) is 5.54. The summed E-state index contributed by atoms with van der Waals surface area (Å²) in [4.78, 5) is 27.4. The molecular formula is C16H30N4O2. The number of hydrogen-bond donors (Lipinski definition) is 2. The molecule has 0 aromatic carbocycles. The number of nitrogens with one attached hydrogen (secondary N) is 2. The first-order valence-electron chi connectivity index (χ1n) is 7.55. The van der Waals surface area contributed by atoms with Crippen LogP contribution in [-0.4, -0.2) is 76.0 Å². The number of hydrogen-bond acceptors (Lipinski definition) is 4. The summed E-state index contributed by atoms with van der Waals surface area (Å²) in [6, 6.07) is 0. The van der Waals surface area contributed by atoms with E-state index in [2.05, 4.69) is 27.0 Å². The van der Waals surface area contributed by atoms with Crippen molar-refractivity contribution in [3.05, 3.63) is 24.3 Å². The second kappa shape index (κ2) is 11.9. The van der Waals surface area contributed by atoms with Crippen LogP contribution in [0.5, 0.6) is 0 Å². The van der Waals surface area contributed by atoms with Gasteiger partial charge in [0.1, 0.15) is 0 Å². The van der Waals surface area contributed by atoms with Gasteiger partial charge in [0, 0.05) is 24.7 Å². The zero-order valence-electron chi connectivity index (χ0n) is 14.3. The molecule has 22 heavy (non-hydrogen) atoms. The Morgan fingerprint density at radius 3 is 1.91 bits per heavy atom. The highest BCUT2D eigenvalue weighted by Crippen LogP contribution is 1.93. The predicted molar refractivity (Wildman–Crippen MR) is 90.6 cm³/mol. The van der Waals surface area contributed by atoms with E-state index in [0.717, 1.165) is 25.9 Å². The van der Waals surface area contributed by atoms with Gasteiger partial charge in [-0.25, -0.2) is 0 Å². The summed E-state index contributed by atoms with van der Waals surface area (Å²) in [5.41, 5.74) is 0.285. The molecule has 2 amide bonds. The molecule has 0 radical (unpaired) electrons. The van der Waals surface area contributed by atoms with E-state index >= 15 is 0 Å². The van der Waals surface area contributed by atoms with E-state index in [-0.39, 0.29) is 17.4 Å². The van der Waals surface area contributed by atoms with Crippen molar-refractivity contribution in [2.24, 2.45) is 0 Å². The zero-order valence-corrected chi connectivity index (χ0v) is 14.3. The molecule has 0 aliphatic carbocycles. The Morgan fingerprint density at radius 1 is 0.909 bits per heavy atom. The summed E-state index contributed by atoms with van der Waals surface area (Å²) in [5.74, 6) is -0.448. The fraction of sp³-hybridized carbons (Fsp3) is 0.625. The van der Waals surface area contributed by atoms with Gasteiger partial charge in [0.15, 0.2) is 0 Å². The number of rotatable bonds is 11. The third-order valence-electron chi connectivity index (χ3n) is 2.88. The van der Waals surface area contributed by atoms with Crippen LogP contribution in [0.1, 0.15) is 12.8 Å². The summed E-state index contributed by atoms with van der Waals surface area (Å²) < 4.78 is 0. The van der Waals surface area contributed by atoms with E-state index in [1.807, 2.05) is 28.2 Å². The smallest absolute Gasteiger partial charge is 0.250 e. The molecule has 0 rings (SSSR count). The van der Waals surface area contributed by atoms with Crippen LogP contribution in [0, 0.1) is 0 Å². The van der Waals surface area contributed by atoms with Gasteiger partial charge in [-0.1, -0.05) is 6.58 Å². The maximum absolute atomic E-state index is 11.7. The van der Waals surface area contributed by atoms with Crippen molar-refractivity contribution in [3.8, 4) is 0 Å². The monoisotopic (exact) mass is 310 g/mol. The Balaban J connectivity index is 3.87. The Labute approximate surface area is 134 Å². The van der Waals surface area contributed by atoms with E-state index in [0.29, 0.717) is 13.1 Å². The van der Waals surface area contributed by atoms with Crippen molar-refractivity contribution in [3.63, 3.8) is 0 Å². The van der Waals surface area contributed by atoms with Crippen molar-refractivity contribution in [2.75, 3.05) is 54.4 Å². The van der Waals surface area contributed by atoms with Crippen molar-refractivity contribution in [1.29, 1.82) is 0 Å². The maximum Gasteiger partial charge on any atom is 0.250 e. The number of carbonyl (C=O) groups is 2. The normalized spacial score (nSPS) is 11.2. The van der Waals surface area contributed by atoms with Gasteiger partial charge in [-0.3, -0.25) is 9.59 Å². The molecule has 0 saturated heterocycles. The fourth-order valence-electron chi connectivity index (χ4n) is 1.63. The largest absolute Gasteiger partial charge is 0.353 e. The SMILES string of the molecule is C=C(C=CC(=O)NCCCN(C)C)C(=O)NCCCN(C)C. The lowest BCUT2D eigenvalue weighted by molar-refractivity contribution is -0.117. The molecule has 2 N–H and O–H groups in total. The van der Waals surface area contributed by atoms with Gasteiger partial charge in [0.2, 0.25) is 5.91 Å². The Morgan fingerprint density at radius 2 is 1.41 bits per heavy atom. The lowest BCUT2D eigenvalue weighted by atomic mass is 10.2. The summed E-state index contributed by atoms with van der Waals surface area (Å²) in [6.07, 6.45) is 4.56. The molecule has 0 fully saturated rings. The van der Waals surface area contributed by atoms with Gasteiger partial charge in [-0.2, -0.15) is 0 Å². The van der Waals surface area contributed by atoms with Gasteiger partial charge in [0.05, 0.1) is 0 Å². The molecule has 0 aromatic heterocycles. The van der Waals surface area contributed by atoms with Crippen molar-refractivity contribution in [1.82, 2.24) is 20.4 Å². The summed E-state index contributed by atoms with van der Waals surface area (Å²) in [7, 11) is 7.95. The molecule has 0 bridgehead atoms. The molecule has 0 aliphatic heterocycles. The molecule has 6 nitrogen and oxygen atoms in total. The van der Waals surface area contributed by atoms with E-state index < -0.39 is 0 Å². The Kier molecular flexibility index (Phi) is 11.0. The van der Waals surface area contributed by atoms with Gasteiger partial charge in [-0.15, -0.1) is 0 Å². The van der Waals surface area contributed by atoms with Crippen LogP contribution in [0.15, 0.2) is 24.3 Å². The molecular weight excluding hydrogens is 280 g/mol. The van der Waals surface area contributed by atoms with E-state index in [1.54, 1.807) is 0 Å². The molecule has 0 aromatic rings. The molecule has 0 saturated carbocycles. The van der Waals surface area contributed by atoms with Gasteiger partial charge in [0.25, 0.3) is 5.91 Å². The Hall–Kier alpha value is -1.66. The minimum Gasteiger partial charge on any atom is -0.353 e. The Bertz CT molecular complexity index is 390. The summed E-state index contributed by atoms with van der Waals surface area (Å²) in [6.45, 7) is 6.71. The van der Waals surface area contributed by atoms with Crippen LogP contribution in [0.3, 0.4) is 0 Å². The van der Waals surface area contributed by atoms with Crippen LogP contribution in [0.2, 0.25) is 0 Å². The number of nitrogens with zero attached hydrogens (tertiary/aromatic N) is 2. The van der Waals surface area contributed by atoms with Crippen molar-refractivity contribution < 1.29 is 9.59 Å². The van der Waals surface area contributed by atoms with Gasteiger partial charge in [-0.05, 0) is 60.2 Å². The third kappa shape index (κ3) is 12.1. The average Bonchev–Trinajstić information content (AvgIpc) is 2.44. The minimum atomic E-state index is -0.240. The van der Waals surface area contributed by atoms with Gasteiger partial charge < -0.3 is 20.4 Å². The highest BCUT2D eigenvalue weighted by Gasteiger charge is 2.03. The molecule has 0 aliphatic rings. The fourth-order valence-corrected chi connectivity index (χ4v) is 1.63. The van der Waals surface area contributed by atoms with E-state index in [9.17, 15) is 9.59 Å². The first-order chi connectivity index (χ1) is 10.3. The van der Waals surface area contributed by atoms with Crippen molar-refractivity contribution >= 4 is 11.8 Å². The minimum absolute atomic E-state index is 0.208. The predicted octanol–water partition coefficient (Wildman–Crippen LogP) is 0.235. The molecule has 126 valence electrons. The average molecular weight is 310 g/mol. The molecule has 6 heteroatoms. The lowest BCUT2D eigenvalue weighted by Gasteiger charge is -2.10. The highest BCUT2D eigenvalue weighted by molar-refractivity contribution is 5.97. The van der Waals surface area contributed by atoms with Crippen LogP contribution in [0.25, 0.3) is 0 Å².